The zero-order valence-electron chi connectivity index (χ0n) is 11.1. The summed E-state index contributed by atoms with van der Waals surface area (Å²) in [7, 11) is 1.59. The Balaban J connectivity index is 0.000000581. The summed E-state index contributed by atoms with van der Waals surface area (Å²) in [6, 6.07) is 5.38. The number of ether oxygens (including phenoxy) is 1. The third kappa shape index (κ3) is 3.59. The van der Waals surface area contributed by atoms with E-state index in [1.807, 2.05) is 27.7 Å². The average Bonchev–Trinajstić information content (AvgIpc) is 2.85. The summed E-state index contributed by atoms with van der Waals surface area (Å²) >= 11 is 0. The van der Waals surface area contributed by atoms with E-state index in [0.29, 0.717) is 5.69 Å². The Labute approximate surface area is 102 Å². The maximum Gasteiger partial charge on any atom is 0.168 e. The highest BCUT2D eigenvalue weighted by Crippen LogP contribution is 2.20. The van der Waals surface area contributed by atoms with Crippen molar-refractivity contribution in [3.05, 3.63) is 23.9 Å². The van der Waals surface area contributed by atoms with E-state index in [4.69, 9.17) is 4.74 Å². The molecule has 0 aliphatic carbocycles. The molecule has 2 aromatic rings. The molecule has 17 heavy (non-hydrogen) atoms. The van der Waals surface area contributed by atoms with E-state index in [-0.39, 0.29) is 0 Å². The van der Waals surface area contributed by atoms with Gasteiger partial charge in [0.2, 0.25) is 0 Å². The van der Waals surface area contributed by atoms with Crippen LogP contribution in [-0.4, -0.2) is 23.6 Å². The molecule has 0 aliphatic rings. The van der Waals surface area contributed by atoms with Gasteiger partial charge in [0.25, 0.3) is 0 Å². The van der Waals surface area contributed by atoms with Gasteiger partial charge in [-0.3, -0.25) is 9.89 Å². The number of aromatic amines is 1. The molecule has 0 atom stereocenters. The Hall–Kier alpha value is -1.84. The lowest BCUT2D eigenvalue weighted by atomic mass is 10.2. The molecular weight excluding hydrogens is 216 g/mol. The molecule has 0 spiro atoms. The van der Waals surface area contributed by atoms with Gasteiger partial charge in [0, 0.05) is 11.5 Å². The highest BCUT2D eigenvalue weighted by atomic mass is 16.5. The number of hydrogen-bond donors (Lipinski definition) is 1. The van der Waals surface area contributed by atoms with Crippen molar-refractivity contribution >= 4 is 17.2 Å². The molecule has 0 unspecified atom stereocenters. The number of H-pyrrole nitrogens is 1. The van der Waals surface area contributed by atoms with Crippen LogP contribution in [0.1, 0.15) is 38.2 Å². The lowest BCUT2D eigenvalue weighted by Gasteiger charge is -1.96. The van der Waals surface area contributed by atoms with Crippen molar-refractivity contribution in [1.29, 1.82) is 0 Å². The molecule has 1 aromatic carbocycles. The van der Waals surface area contributed by atoms with Gasteiger partial charge in [-0.05, 0) is 12.1 Å². The number of nitrogens with zero attached hydrogens (tertiary/aromatic N) is 1. The second kappa shape index (κ2) is 8.33. The summed E-state index contributed by atoms with van der Waals surface area (Å²) in [5.41, 5.74) is 1.24. The Bertz CT molecular complexity index is 450. The zero-order valence-corrected chi connectivity index (χ0v) is 11.1. The van der Waals surface area contributed by atoms with Crippen molar-refractivity contribution in [3.63, 3.8) is 0 Å². The van der Waals surface area contributed by atoms with E-state index in [1.54, 1.807) is 25.3 Å². The van der Waals surface area contributed by atoms with Crippen molar-refractivity contribution in [3.8, 4) is 5.75 Å². The van der Waals surface area contributed by atoms with Crippen LogP contribution in [0.2, 0.25) is 0 Å². The van der Waals surface area contributed by atoms with Crippen molar-refractivity contribution < 1.29 is 9.53 Å². The Morgan fingerprint density at radius 3 is 2.41 bits per heavy atom. The van der Waals surface area contributed by atoms with E-state index in [2.05, 4.69) is 10.2 Å². The second-order valence-electron chi connectivity index (χ2n) is 2.64. The number of fused-ring (bicyclic) bond motifs is 1. The van der Waals surface area contributed by atoms with Crippen LogP contribution < -0.4 is 4.74 Å². The quantitative estimate of drug-likeness (QED) is 0.813. The summed E-state index contributed by atoms with van der Waals surface area (Å²) in [6.45, 7) is 8.00. The van der Waals surface area contributed by atoms with Gasteiger partial charge >= 0.3 is 0 Å². The molecule has 0 bridgehead atoms. The third-order valence-electron chi connectivity index (χ3n) is 1.91. The molecule has 1 heterocycles. The predicted molar refractivity (Wildman–Crippen MR) is 70.7 cm³/mol. The molecule has 0 saturated heterocycles. The monoisotopic (exact) mass is 236 g/mol. The zero-order chi connectivity index (χ0) is 13.3. The van der Waals surface area contributed by atoms with Gasteiger partial charge in [-0.1, -0.05) is 27.7 Å². The molecule has 0 saturated carbocycles. The van der Waals surface area contributed by atoms with E-state index in [1.165, 1.54) is 0 Å². The number of aromatic nitrogens is 2. The maximum atomic E-state index is 10.5. The molecule has 4 nitrogen and oxygen atoms in total. The fraction of sp³-hybridized carbons (Fsp3) is 0.385. The largest absolute Gasteiger partial charge is 0.497 e. The first-order valence-electron chi connectivity index (χ1n) is 5.82. The minimum Gasteiger partial charge on any atom is -0.497 e. The predicted octanol–water partition coefficient (Wildman–Crippen LogP) is 3.44. The normalized spacial score (nSPS) is 8.53. The molecule has 4 heteroatoms. The van der Waals surface area contributed by atoms with E-state index < -0.39 is 0 Å². The first-order chi connectivity index (χ1) is 8.35. The molecular formula is C13H20N2O2. The van der Waals surface area contributed by atoms with E-state index in [0.717, 1.165) is 22.9 Å². The van der Waals surface area contributed by atoms with Crippen molar-refractivity contribution in [2.24, 2.45) is 0 Å². The van der Waals surface area contributed by atoms with Crippen molar-refractivity contribution in [2.75, 3.05) is 7.11 Å². The molecule has 0 aliphatic heterocycles. The fourth-order valence-electron chi connectivity index (χ4n) is 1.23. The second-order valence-corrected chi connectivity index (χ2v) is 2.64. The van der Waals surface area contributed by atoms with Gasteiger partial charge < -0.3 is 4.74 Å². The van der Waals surface area contributed by atoms with Crippen LogP contribution in [0.3, 0.4) is 0 Å². The van der Waals surface area contributed by atoms with Crippen molar-refractivity contribution in [1.82, 2.24) is 10.2 Å². The third-order valence-corrected chi connectivity index (χ3v) is 1.91. The standard InChI is InChI=1S/C9H8N2O2.2C2H6/c1-13-6-2-3-7-8(4-6)10-11-9(7)5-12;2*1-2/h2-5H,1H3,(H,10,11);2*1-2H3. The minimum absolute atomic E-state index is 0.498. The number of benzene rings is 1. The lowest BCUT2D eigenvalue weighted by molar-refractivity contribution is 0.112. The number of methoxy groups -OCH3 is 1. The Kier molecular flexibility index (Phi) is 7.43. The summed E-state index contributed by atoms with van der Waals surface area (Å²) in [5, 5.41) is 7.42. The maximum absolute atomic E-state index is 10.5. The van der Waals surface area contributed by atoms with Gasteiger partial charge in [-0.2, -0.15) is 5.10 Å². The van der Waals surface area contributed by atoms with Crippen LogP contribution in [0.4, 0.5) is 0 Å². The average molecular weight is 236 g/mol. The van der Waals surface area contributed by atoms with Crippen LogP contribution >= 0.6 is 0 Å². The number of carbonyl (C=O) groups excluding carboxylic acids is 1. The topological polar surface area (TPSA) is 55.0 Å². The molecule has 0 fully saturated rings. The van der Waals surface area contributed by atoms with Crippen LogP contribution in [-0.2, 0) is 0 Å². The van der Waals surface area contributed by atoms with E-state index in [9.17, 15) is 4.79 Å². The number of aldehydes is 1. The first-order valence-corrected chi connectivity index (χ1v) is 5.82. The summed E-state index contributed by atoms with van der Waals surface area (Å²) < 4.78 is 5.02. The lowest BCUT2D eigenvalue weighted by Crippen LogP contribution is -1.82. The highest BCUT2D eigenvalue weighted by molar-refractivity contribution is 5.95. The minimum atomic E-state index is 0.498. The van der Waals surface area contributed by atoms with Gasteiger partial charge in [0.15, 0.2) is 6.29 Å². The SMILES string of the molecule is CC.CC.COc1ccc2c(C=O)[nH]nc2c1. The van der Waals surface area contributed by atoms with Gasteiger partial charge in [-0.25, -0.2) is 0 Å². The van der Waals surface area contributed by atoms with Crippen LogP contribution in [0.15, 0.2) is 18.2 Å². The smallest absolute Gasteiger partial charge is 0.168 e. The van der Waals surface area contributed by atoms with Gasteiger partial charge in [0.1, 0.15) is 11.4 Å². The van der Waals surface area contributed by atoms with Crippen LogP contribution in [0.25, 0.3) is 10.9 Å². The molecule has 94 valence electrons. The number of nitrogens with one attached hydrogen (secondary N) is 1. The molecule has 1 aromatic heterocycles. The number of hydrogen-bond acceptors (Lipinski definition) is 3. The molecule has 2 rings (SSSR count). The fourth-order valence-corrected chi connectivity index (χ4v) is 1.23. The Morgan fingerprint density at radius 2 is 1.88 bits per heavy atom. The summed E-state index contributed by atoms with van der Waals surface area (Å²) in [6.07, 6.45) is 0.752. The molecule has 0 amide bonds. The van der Waals surface area contributed by atoms with Crippen LogP contribution in [0, 0.1) is 0 Å². The number of carbonyl (C=O) groups is 1. The first kappa shape index (κ1) is 15.2. The molecule has 0 radical (unpaired) electrons. The van der Waals surface area contributed by atoms with Gasteiger partial charge in [-0.15, -0.1) is 0 Å². The molecule has 1 N–H and O–H groups in total. The number of rotatable bonds is 2. The van der Waals surface area contributed by atoms with Crippen LogP contribution in [0.5, 0.6) is 5.75 Å². The summed E-state index contributed by atoms with van der Waals surface area (Å²) in [5.74, 6) is 0.733. The van der Waals surface area contributed by atoms with E-state index >= 15 is 0 Å². The highest BCUT2D eigenvalue weighted by Gasteiger charge is 2.04. The van der Waals surface area contributed by atoms with Crippen molar-refractivity contribution in [2.45, 2.75) is 27.7 Å². The van der Waals surface area contributed by atoms with Gasteiger partial charge in [0.05, 0.1) is 12.6 Å². The Morgan fingerprint density at radius 1 is 1.24 bits per heavy atom. The summed E-state index contributed by atoms with van der Waals surface area (Å²) in [4.78, 5) is 10.5.